The van der Waals surface area contributed by atoms with Crippen molar-refractivity contribution in [2.75, 3.05) is 6.26 Å². The largest absolute Gasteiger partial charge is 0.385 e. The minimum atomic E-state index is 0.287. The Labute approximate surface area is 95.9 Å². The first-order chi connectivity index (χ1) is 7.28. The molecule has 0 aromatic heterocycles. The normalized spacial score (nSPS) is 31.5. The number of allylic oxidation sites excluding steroid dienone is 2. The monoisotopic (exact) mass is 225 g/mol. The van der Waals surface area contributed by atoms with Crippen LogP contribution in [0.15, 0.2) is 11.8 Å². The second kappa shape index (κ2) is 5.06. The molecule has 2 rings (SSSR count). The minimum Gasteiger partial charge on any atom is -0.385 e. The molecular formula is C12H19NOS. The van der Waals surface area contributed by atoms with Gasteiger partial charge in [-0.15, -0.1) is 0 Å². The highest BCUT2D eigenvalue weighted by atomic mass is 32.2. The van der Waals surface area contributed by atoms with E-state index in [1.54, 1.807) is 6.08 Å². The van der Waals surface area contributed by atoms with Crippen LogP contribution in [0.3, 0.4) is 0 Å². The van der Waals surface area contributed by atoms with Gasteiger partial charge in [0.05, 0.1) is 0 Å². The first-order valence-corrected chi connectivity index (χ1v) is 7.09. The predicted molar refractivity (Wildman–Crippen MR) is 65.0 cm³/mol. The lowest BCUT2D eigenvalue weighted by molar-refractivity contribution is -0.114. The van der Waals surface area contributed by atoms with Crippen molar-refractivity contribution < 1.29 is 4.79 Å². The maximum Gasteiger partial charge on any atom is 0.157 e. The van der Waals surface area contributed by atoms with Gasteiger partial charge in [0.15, 0.2) is 5.78 Å². The van der Waals surface area contributed by atoms with Gasteiger partial charge < -0.3 is 5.32 Å². The Hall–Kier alpha value is -0.440. The molecule has 0 spiro atoms. The molecule has 0 bridgehead atoms. The van der Waals surface area contributed by atoms with Gasteiger partial charge in [-0.3, -0.25) is 4.79 Å². The maximum atomic E-state index is 11.1. The average Bonchev–Trinajstić information content (AvgIpc) is 2.64. The predicted octanol–water partition coefficient (Wildman–Crippen LogP) is 2.50. The van der Waals surface area contributed by atoms with Gasteiger partial charge in [-0.25, -0.2) is 0 Å². The van der Waals surface area contributed by atoms with Crippen LogP contribution in [-0.2, 0) is 4.79 Å². The van der Waals surface area contributed by atoms with Crippen molar-refractivity contribution in [2.24, 2.45) is 0 Å². The molecule has 0 aromatic carbocycles. The molecule has 0 heterocycles. The molecule has 84 valence electrons. The number of ketones is 1. The van der Waals surface area contributed by atoms with E-state index in [-0.39, 0.29) is 5.78 Å². The molecule has 1 fully saturated rings. The van der Waals surface area contributed by atoms with Crippen LogP contribution in [-0.4, -0.2) is 23.3 Å². The van der Waals surface area contributed by atoms with E-state index < -0.39 is 0 Å². The van der Waals surface area contributed by atoms with E-state index in [1.807, 2.05) is 11.8 Å². The summed E-state index contributed by atoms with van der Waals surface area (Å²) in [5, 5.41) is 4.35. The summed E-state index contributed by atoms with van der Waals surface area (Å²) in [5.74, 6) is 0.287. The number of hydrogen-bond acceptors (Lipinski definition) is 3. The Balaban J connectivity index is 1.84. The smallest absolute Gasteiger partial charge is 0.157 e. The number of thioether (sulfide) groups is 1. The summed E-state index contributed by atoms with van der Waals surface area (Å²) in [5.41, 5.74) is 1.17. The fourth-order valence-corrected chi connectivity index (χ4v) is 3.29. The van der Waals surface area contributed by atoms with Crippen molar-refractivity contribution >= 4 is 17.5 Å². The van der Waals surface area contributed by atoms with Crippen molar-refractivity contribution in [3.05, 3.63) is 11.8 Å². The van der Waals surface area contributed by atoms with E-state index in [4.69, 9.17) is 0 Å². The van der Waals surface area contributed by atoms with Gasteiger partial charge in [0.25, 0.3) is 0 Å². The fraction of sp³-hybridized carbons (Fsp3) is 0.750. The van der Waals surface area contributed by atoms with Crippen LogP contribution < -0.4 is 5.32 Å². The zero-order valence-corrected chi connectivity index (χ0v) is 10.1. The van der Waals surface area contributed by atoms with Crippen molar-refractivity contribution in [3.63, 3.8) is 0 Å². The number of carbonyl (C=O) groups is 1. The molecule has 1 saturated carbocycles. The van der Waals surface area contributed by atoms with E-state index in [0.29, 0.717) is 12.5 Å². The molecule has 0 aromatic rings. The Morgan fingerprint density at radius 2 is 2.27 bits per heavy atom. The van der Waals surface area contributed by atoms with Gasteiger partial charge in [0.1, 0.15) is 0 Å². The Bertz CT molecular complexity index is 275. The molecule has 0 saturated heterocycles. The van der Waals surface area contributed by atoms with Crippen molar-refractivity contribution in [3.8, 4) is 0 Å². The number of nitrogens with one attached hydrogen (secondary N) is 1. The Morgan fingerprint density at radius 1 is 1.40 bits per heavy atom. The second-order valence-electron chi connectivity index (χ2n) is 4.50. The molecule has 2 unspecified atom stereocenters. The third-order valence-electron chi connectivity index (χ3n) is 3.32. The molecule has 2 nitrogen and oxygen atoms in total. The van der Waals surface area contributed by atoms with Crippen LogP contribution in [0, 0.1) is 0 Å². The zero-order valence-electron chi connectivity index (χ0n) is 9.29. The highest BCUT2D eigenvalue weighted by Crippen LogP contribution is 2.28. The molecule has 0 radical (unpaired) electrons. The lowest BCUT2D eigenvalue weighted by Crippen LogP contribution is -2.34. The molecule has 2 atom stereocenters. The van der Waals surface area contributed by atoms with Crippen LogP contribution in [0.25, 0.3) is 0 Å². The van der Waals surface area contributed by atoms with Gasteiger partial charge in [-0.05, 0) is 31.9 Å². The lowest BCUT2D eigenvalue weighted by atomic mass is 9.94. The number of carbonyl (C=O) groups excluding carboxylic acids is 1. The summed E-state index contributed by atoms with van der Waals surface area (Å²) in [6.07, 6.45) is 10.8. The van der Waals surface area contributed by atoms with Gasteiger partial charge in [-0.1, -0.05) is 6.42 Å². The van der Waals surface area contributed by atoms with Gasteiger partial charge >= 0.3 is 0 Å². The average molecular weight is 225 g/mol. The lowest BCUT2D eigenvalue weighted by Gasteiger charge is -2.29. The highest BCUT2D eigenvalue weighted by Gasteiger charge is 2.22. The van der Waals surface area contributed by atoms with Crippen LogP contribution in [0.1, 0.15) is 38.5 Å². The third-order valence-corrected chi connectivity index (χ3v) is 4.42. The molecule has 2 aliphatic rings. The summed E-state index contributed by atoms with van der Waals surface area (Å²) < 4.78 is 0. The SMILES string of the molecule is CSC1CCCC(NC2=CC(=O)CC2)C1. The molecule has 3 heteroatoms. The van der Waals surface area contributed by atoms with Crippen LogP contribution in [0.4, 0.5) is 0 Å². The van der Waals surface area contributed by atoms with E-state index in [2.05, 4.69) is 11.6 Å². The quantitative estimate of drug-likeness (QED) is 0.800. The van der Waals surface area contributed by atoms with E-state index in [0.717, 1.165) is 11.7 Å². The fourth-order valence-electron chi connectivity index (χ4n) is 2.46. The van der Waals surface area contributed by atoms with Crippen molar-refractivity contribution in [1.82, 2.24) is 5.32 Å². The summed E-state index contributed by atoms with van der Waals surface area (Å²) in [7, 11) is 0. The first kappa shape index (κ1) is 11.1. The second-order valence-corrected chi connectivity index (χ2v) is 5.64. The summed E-state index contributed by atoms with van der Waals surface area (Å²) in [4.78, 5) is 11.1. The Morgan fingerprint density at radius 3 is 2.93 bits per heavy atom. The zero-order chi connectivity index (χ0) is 10.7. The minimum absolute atomic E-state index is 0.287. The maximum absolute atomic E-state index is 11.1. The number of hydrogen-bond donors (Lipinski definition) is 1. The van der Waals surface area contributed by atoms with Gasteiger partial charge in [-0.2, -0.15) is 11.8 Å². The van der Waals surface area contributed by atoms with E-state index >= 15 is 0 Å². The third kappa shape index (κ3) is 3.00. The highest BCUT2D eigenvalue weighted by molar-refractivity contribution is 7.99. The first-order valence-electron chi connectivity index (χ1n) is 5.80. The van der Waals surface area contributed by atoms with Crippen LogP contribution >= 0.6 is 11.8 Å². The molecular weight excluding hydrogens is 206 g/mol. The van der Waals surface area contributed by atoms with E-state index in [1.165, 1.54) is 31.4 Å². The van der Waals surface area contributed by atoms with Crippen molar-refractivity contribution in [1.29, 1.82) is 0 Å². The summed E-state index contributed by atoms with van der Waals surface area (Å²) >= 11 is 1.98. The summed E-state index contributed by atoms with van der Waals surface area (Å²) in [6, 6.07) is 0.605. The van der Waals surface area contributed by atoms with Crippen molar-refractivity contribution in [2.45, 2.75) is 49.8 Å². The number of rotatable bonds is 3. The van der Waals surface area contributed by atoms with Gasteiger partial charge in [0, 0.05) is 29.5 Å². The standard InChI is InChI=1S/C12H19NOS/c1-15-12-4-2-3-9(8-12)13-10-5-6-11(14)7-10/h7,9,12-13H,2-6,8H2,1H3. The van der Waals surface area contributed by atoms with Crippen LogP contribution in [0.2, 0.25) is 0 Å². The summed E-state index contributed by atoms with van der Waals surface area (Å²) in [6.45, 7) is 0. The molecule has 0 amide bonds. The van der Waals surface area contributed by atoms with Gasteiger partial charge in [0.2, 0.25) is 0 Å². The molecule has 0 aliphatic heterocycles. The molecule has 15 heavy (non-hydrogen) atoms. The van der Waals surface area contributed by atoms with Crippen LogP contribution in [0.5, 0.6) is 0 Å². The molecule has 1 N–H and O–H groups in total. The Kier molecular flexibility index (Phi) is 3.73. The molecule has 2 aliphatic carbocycles. The van der Waals surface area contributed by atoms with E-state index in [9.17, 15) is 4.79 Å². The topological polar surface area (TPSA) is 29.1 Å².